The van der Waals surface area contributed by atoms with Crippen LogP contribution >= 0.6 is 23.2 Å². The lowest BCUT2D eigenvalue weighted by atomic mass is 10.1. The highest BCUT2D eigenvalue weighted by Gasteiger charge is 2.28. The summed E-state index contributed by atoms with van der Waals surface area (Å²) in [7, 11) is 0. The summed E-state index contributed by atoms with van der Waals surface area (Å²) in [5.41, 5.74) is 1.87. The van der Waals surface area contributed by atoms with Gasteiger partial charge in [-0.2, -0.15) is 0 Å². The number of hydrogen-bond donors (Lipinski definition) is 0. The second kappa shape index (κ2) is 8.11. The highest BCUT2D eigenvalue weighted by Crippen LogP contribution is 2.35. The first-order chi connectivity index (χ1) is 14.0. The van der Waals surface area contributed by atoms with Gasteiger partial charge >= 0.3 is 5.97 Å². The van der Waals surface area contributed by atoms with Crippen LogP contribution in [-0.4, -0.2) is 11.8 Å². The minimum absolute atomic E-state index is 0.103. The van der Waals surface area contributed by atoms with E-state index in [1.807, 2.05) is 6.07 Å². The highest BCUT2D eigenvalue weighted by molar-refractivity contribution is 6.32. The van der Waals surface area contributed by atoms with Crippen LogP contribution in [0.2, 0.25) is 10.0 Å². The number of fused-ring (bicyclic) bond motifs is 1. The molecule has 0 N–H and O–H groups in total. The third kappa shape index (κ3) is 4.34. The summed E-state index contributed by atoms with van der Waals surface area (Å²) in [6.45, 7) is 0. The normalized spacial score (nSPS) is 13.9. The molecule has 4 rings (SSSR count). The first-order valence-electron chi connectivity index (χ1n) is 8.77. The maximum absolute atomic E-state index is 12.6. The molecule has 29 heavy (non-hydrogen) atoms. The Kier molecular flexibility index (Phi) is 5.38. The molecule has 6 heteroatoms. The highest BCUT2D eigenvalue weighted by atomic mass is 35.5. The monoisotopic (exact) mass is 424 g/mol. The van der Waals surface area contributed by atoms with Gasteiger partial charge in [-0.05, 0) is 47.5 Å². The smallest absolute Gasteiger partial charge is 0.315 e. The molecule has 0 radical (unpaired) electrons. The van der Waals surface area contributed by atoms with E-state index in [-0.39, 0.29) is 18.0 Å². The number of carbonyl (C=O) groups is 2. The summed E-state index contributed by atoms with van der Waals surface area (Å²) in [6, 6.07) is 18.8. The topological polar surface area (TPSA) is 52.6 Å². The van der Waals surface area contributed by atoms with Gasteiger partial charge in [0.1, 0.15) is 11.5 Å². The van der Waals surface area contributed by atoms with E-state index >= 15 is 0 Å². The minimum atomic E-state index is -0.427. The fourth-order valence-electron chi connectivity index (χ4n) is 2.90. The predicted octanol–water partition coefficient (Wildman–Crippen LogP) is 5.76. The van der Waals surface area contributed by atoms with Crippen LogP contribution in [0.4, 0.5) is 0 Å². The maximum atomic E-state index is 12.6. The van der Waals surface area contributed by atoms with Crippen LogP contribution in [0.25, 0.3) is 6.08 Å². The van der Waals surface area contributed by atoms with E-state index in [1.165, 1.54) is 6.07 Å². The summed E-state index contributed by atoms with van der Waals surface area (Å²) >= 11 is 12.0. The van der Waals surface area contributed by atoms with E-state index in [2.05, 4.69) is 0 Å². The third-order valence-corrected chi connectivity index (χ3v) is 4.92. The van der Waals surface area contributed by atoms with Crippen molar-refractivity contribution < 1.29 is 19.1 Å². The van der Waals surface area contributed by atoms with Crippen molar-refractivity contribution in [2.24, 2.45) is 0 Å². The van der Waals surface area contributed by atoms with Gasteiger partial charge in [0.2, 0.25) is 5.78 Å². The Morgan fingerprint density at radius 1 is 1.00 bits per heavy atom. The molecule has 3 aromatic rings. The Balaban J connectivity index is 1.49. The molecule has 0 fully saturated rings. The third-order valence-electron chi connectivity index (χ3n) is 4.33. The summed E-state index contributed by atoms with van der Waals surface area (Å²) < 4.78 is 11.1. The molecule has 0 unspecified atom stereocenters. The average Bonchev–Trinajstić information content (AvgIpc) is 3.00. The zero-order chi connectivity index (χ0) is 20.4. The zero-order valence-electron chi connectivity index (χ0n) is 15.0. The van der Waals surface area contributed by atoms with Crippen molar-refractivity contribution in [3.63, 3.8) is 0 Å². The van der Waals surface area contributed by atoms with Crippen LogP contribution in [0, 0.1) is 0 Å². The van der Waals surface area contributed by atoms with Crippen LogP contribution in [-0.2, 0) is 11.2 Å². The standard InChI is InChI=1S/C23H14Cl2O4/c24-16-7-5-14(6-8-16)11-22(26)28-17-9-10-18-20(13-17)29-21(23(18)27)12-15-3-1-2-4-19(15)25/h1-10,12-13H,11H2/b21-12-. The van der Waals surface area contributed by atoms with Crippen molar-refractivity contribution >= 4 is 41.0 Å². The molecular formula is C23H14Cl2O4. The van der Waals surface area contributed by atoms with Gasteiger partial charge in [0.15, 0.2) is 5.76 Å². The summed E-state index contributed by atoms with van der Waals surface area (Å²) in [4.78, 5) is 24.7. The SMILES string of the molecule is O=C(Cc1ccc(Cl)cc1)Oc1ccc2c(c1)O/C(=C\c1ccccc1Cl)C2=O. The number of ether oxygens (including phenoxy) is 2. The number of halogens is 2. The Hall–Kier alpha value is -3.08. The number of rotatable bonds is 4. The number of benzene rings is 3. The molecule has 0 saturated heterocycles. The second-order valence-electron chi connectivity index (χ2n) is 6.40. The number of esters is 1. The molecule has 1 aliphatic heterocycles. The summed E-state index contributed by atoms with van der Waals surface area (Å²) in [5, 5.41) is 1.12. The fraction of sp³-hybridized carbons (Fsp3) is 0.0435. The largest absolute Gasteiger partial charge is 0.452 e. The molecule has 0 saturated carbocycles. The molecule has 1 heterocycles. The van der Waals surface area contributed by atoms with E-state index in [1.54, 1.807) is 60.7 Å². The minimum Gasteiger partial charge on any atom is -0.452 e. The average molecular weight is 425 g/mol. The van der Waals surface area contributed by atoms with E-state index < -0.39 is 5.97 Å². The molecule has 0 bridgehead atoms. The molecule has 0 atom stereocenters. The van der Waals surface area contributed by atoms with E-state index in [4.69, 9.17) is 32.7 Å². The van der Waals surface area contributed by atoms with Crippen molar-refractivity contribution in [3.05, 3.63) is 99.2 Å². The molecule has 0 spiro atoms. The van der Waals surface area contributed by atoms with Gasteiger partial charge in [0.25, 0.3) is 0 Å². The lowest BCUT2D eigenvalue weighted by Crippen LogP contribution is -2.11. The van der Waals surface area contributed by atoms with Gasteiger partial charge in [-0.3, -0.25) is 9.59 Å². The van der Waals surface area contributed by atoms with Crippen LogP contribution in [0.3, 0.4) is 0 Å². The molecule has 0 aliphatic carbocycles. The predicted molar refractivity (Wildman–Crippen MR) is 112 cm³/mol. The molecule has 0 amide bonds. The Morgan fingerprint density at radius 3 is 2.52 bits per heavy atom. The number of ketones is 1. The van der Waals surface area contributed by atoms with Gasteiger partial charge < -0.3 is 9.47 Å². The van der Waals surface area contributed by atoms with Crippen LogP contribution in [0.1, 0.15) is 21.5 Å². The lowest BCUT2D eigenvalue weighted by Gasteiger charge is -2.06. The first kappa shape index (κ1) is 19.2. The molecular weight excluding hydrogens is 411 g/mol. The van der Waals surface area contributed by atoms with Gasteiger partial charge in [-0.1, -0.05) is 53.5 Å². The van der Waals surface area contributed by atoms with Crippen molar-refractivity contribution in [1.29, 1.82) is 0 Å². The number of hydrogen-bond acceptors (Lipinski definition) is 4. The van der Waals surface area contributed by atoms with Crippen molar-refractivity contribution in [2.45, 2.75) is 6.42 Å². The zero-order valence-corrected chi connectivity index (χ0v) is 16.5. The van der Waals surface area contributed by atoms with Gasteiger partial charge in [0, 0.05) is 16.1 Å². The Labute approximate surface area is 177 Å². The number of Topliss-reactive ketones (excluding diaryl/α,β-unsaturated/α-hetero) is 1. The quantitative estimate of drug-likeness (QED) is 0.303. The van der Waals surface area contributed by atoms with E-state index in [0.29, 0.717) is 32.7 Å². The Bertz CT molecular complexity index is 1130. The molecule has 3 aromatic carbocycles. The van der Waals surface area contributed by atoms with Gasteiger partial charge in [-0.25, -0.2) is 0 Å². The van der Waals surface area contributed by atoms with Gasteiger partial charge in [-0.15, -0.1) is 0 Å². The first-order valence-corrected chi connectivity index (χ1v) is 9.53. The fourth-order valence-corrected chi connectivity index (χ4v) is 3.22. The molecule has 4 nitrogen and oxygen atoms in total. The maximum Gasteiger partial charge on any atom is 0.315 e. The number of allylic oxidation sites excluding steroid dienone is 1. The van der Waals surface area contributed by atoms with Gasteiger partial charge in [0.05, 0.1) is 12.0 Å². The molecule has 144 valence electrons. The summed E-state index contributed by atoms with van der Waals surface area (Å²) in [6.07, 6.45) is 1.70. The van der Waals surface area contributed by atoms with E-state index in [9.17, 15) is 9.59 Å². The van der Waals surface area contributed by atoms with Crippen molar-refractivity contribution in [2.75, 3.05) is 0 Å². The Morgan fingerprint density at radius 2 is 1.76 bits per heavy atom. The number of carbonyl (C=O) groups excluding carboxylic acids is 2. The second-order valence-corrected chi connectivity index (χ2v) is 7.24. The molecule has 1 aliphatic rings. The van der Waals surface area contributed by atoms with Crippen molar-refractivity contribution in [1.82, 2.24) is 0 Å². The van der Waals surface area contributed by atoms with Crippen LogP contribution in [0.15, 0.2) is 72.5 Å². The van der Waals surface area contributed by atoms with Crippen molar-refractivity contribution in [3.8, 4) is 11.5 Å². The lowest BCUT2D eigenvalue weighted by molar-refractivity contribution is -0.133. The van der Waals surface area contributed by atoms with Crippen LogP contribution in [0.5, 0.6) is 11.5 Å². The van der Waals surface area contributed by atoms with Crippen LogP contribution < -0.4 is 9.47 Å². The summed E-state index contributed by atoms with van der Waals surface area (Å²) in [5.74, 6) is 0.125. The van der Waals surface area contributed by atoms with E-state index in [0.717, 1.165) is 5.56 Å². The molecule has 0 aromatic heterocycles.